The third kappa shape index (κ3) is 4.73. The van der Waals surface area contributed by atoms with Gasteiger partial charge in [0.05, 0.1) is 31.0 Å². The summed E-state index contributed by atoms with van der Waals surface area (Å²) in [6, 6.07) is -0.498. The molecule has 3 N–H and O–H groups in total. The van der Waals surface area contributed by atoms with Crippen molar-refractivity contribution in [3.63, 3.8) is 0 Å². The van der Waals surface area contributed by atoms with Crippen LogP contribution in [0, 0.1) is 5.92 Å². The summed E-state index contributed by atoms with van der Waals surface area (Å²) >= 11 is 1.10. The normalized spacial score (nSPS) is 33.8. The molecule has 0 aromatic heterocycles. The first-order valence-electron chi connectivity index (χ1n) is 6.74. The molecule has 1 rings (SSSR count). The molecule has 0 unspecified atom stereocenters. The van der Waals surface area contributed by atoms with Gasteiger partial charge in [0, 0.05) is 25.0 Å². The van der Waals surface area contributed by atoms with Crippen molar-refractivity contribution in [2.75, 3.05) is 12.4 Å². The van der Waals surface area contributed by atoms with Gasteiger partial charge in [0.25, 0.3) is 0 Å². The van der Waals surface area contributed by atoms with E-state index in [0.717, 1.165) is 11.8 Å². The molecule has 1 aliphatic rings. The van der Waals surface area contributed by atoms with E-state index in [2.05, 4.69) is 5.32 Å². The van der Waals surface area contributed by atoms with Crippen LogP contribution < -0.4 is 5.32 Å². The van der Waals surface area contributed by atoms with Crippen LogP contribution in [0.5, 0.6) is 0 Å². The van der Waals surface area contributed by atoms with Crippen molar-refractivity contribution in [1.29, 1.82) is 0 Å². The zero-order chi connectivity index (χ0) is 15.3. The van der Waals surface area contributed by atoms with Gasteiger partial charge in [0.1, 0.15) is 0 Å². The first kappa shape index (κ1) is 17.4. The molecule has 5 atom stereocenters. The summed E-state index contributed by atoms with van der Waals surface area (Å²) < 4.78 is 5.59. The largest absolute Gasteiger partial charge is 0.394 e. The van der Waals surface area contributed by atoms with Crippen LogP contribution in [0.4, 0.5) is 0 Å². The maximum absolute atomic E-state index is 11.8. The highest BCUT2D eigenvalue weighted by molar-refractivity contribution is 8.13. The van der Waals surface area contributed by atoms with Crippen molar-refractivity contribution in [3.05, 3.63) is 0 Å². The molecule has 1 heterocycles. The fraction of sp³-hybridized carbons (Fsp3) is 0.846. The molecule has 1 saturated heterocycles. The van der Waals surface area contributed by atoms with E-state index < -0.39 is 18.2 Å². The van der Waals surface area contributed by atoms with E-state index in [9.17, 15) is 19.8 Å². The van der Waals surface area contributed by atoms with Crippen LogP contribution in [0.1, 0.15) is 27.2 Å². The Morgan fingerprint density at radius 3 is 2.55 bits per heavy atom. The SMILES string of the molecule is CC(=O)SCCC(=O)N[C@@H]1[C@H](O)[C@H](C)[C@@H](CO)O[C@H]1C. The number of hydrogen-bond donors (Lipinski definition) is 3. The number of thioether (sulfide) groups is 1. The van der Waals surface area contributed by atoms with E-state index in [0.29, 0.717) is 5.75 Å². The first-order valence-corrected chi connectivity index (χ1v) is 7.72. The lowest BCUT2D eigenvalue weighted by Gasteiger charge is -2.42. The van der Waals surface area contributed by atoms with Gasteiger partial charge in [-0.15, -0.1) is 0 Å². The van der Waals surface area contributed by atoms with Gasteiger partial charge in [-0.1, -0.05) is 18.7 Å². The summed E-state index contributed by atoms with van der Waals surface area (Å²) in [6.45, 7) is 4.84. The second kappa shape index (κ2) is 7.97. The van der Waals surface area contributed by atoms with Crippen molar-refractivity contribution in [3.8, 4) is 0 Å². The molecule has 0 aliphatic carbocycles. The topological polar surface area (TPSA) is 95.9 Å². The van der Waals surface area contributed by atoms with Crippen LogP contribution in [0.3, 0.4) is 0 Å². The predicted molar refractivity (Wildman–Crippen MR) is 76.3 cm³/mol. The van der Waals surface area contributed by atoms with Gasteiger partial charge in [0.15, 0.2) is 5.12 Å². The summed E-state index contributed by atoms with van der Waals surface area (Å²) in [4.78, 5) is 22.6. The quantitative estimate of drug-likeness (QED) is 0.657. The minimum absolute atomic E-state index is 0.0217. The van der Waals surface area contributed by atoms with Crippen molar-refractivity contribution < 1.29 is 24.5 Å². The fourth-order valence-corrected chi connectivity index (χ4v) is 2.84. The van der Waals surface area contributed by atoms with Crippen LogP contribution in [-0.2, 0) is 14.3 Å². The summed E-state index contributed by atoms with van der Waals surface area (Å²) in [7, 11) is 0. The standard InChI is InChI=1S/C13H23NO5S/c1-7-10(6-15)19-8(2)12(13(7)18)14-11(17)4-5-20-9(3)16/h7-8,10,12-13,15,18H,4-6H2,1-3H3,(H,14,17)/t7-,8+,10-,12+,13-/m1/s1. The second-order valence-corrected chi connectivity index (χ2v) is 6.37. The Labute approximate surface area is 123 Å². The Balaban J connectivity index is 2.49. The molecule has 1 amide bonds. The van der Waals surface area contributed by atoms with Crippen molar-refractivity contribution in [2.45, 2.75) is 51.5 Å². The molecule has 0 bridgehead atoms. The van der Waals surface area contributed by atoms with Crippen LogP contribution in [0.15, 0.2) is 0 Å². The minimum Gasteiger partial charge on any atom is -0.394 e. The molecule has 7 heteroatoms. The lowest BCUT2D eigenvalue weighted by atomic mass is 9.87. The Bertz CT molecular complexity index is 352. The molecule has 0 saturated carbocycles. The Morgan fingerprint density at radius 1 is 1.35 bits per heavy atom. The maximum Gasteiger partial charge on any atom is 0.221 e. The molecule has 0 radical (unpaired) electrons. The maximum atomic E-state index is 11.8. The lowest BCUT2D eigenvalue weighted by molar-refractivity contribution is -0.161. The number of nitrogens with one attached hydrogen (secondary N) is 1. The van der Waals surface area contributed by atoms with E-state index in [1.54, 1.807) is 13.8 Å². The highest BCUT2D eigenvalue weighted by Gasteiger charge is 2.41. The van der Waals surface area contributed by atoms with Crippen LogP contribution in [-0.4, -0.2) is 57.9 Å². The minimum atomic E-state index is -0.764. The van der Waals surface area contributed by atoms with Gasteiger partial charge in [-0.3, -0.25) is 9.59 Å². The van der Waals surface area contributed by atoms with Gasteiger partial charge in [-0.05, 0) is 6.92 Å². The number of carbonyl (C=O) groups is 2. The average Bonchev–Trinajstić information content (AvgIpc) is 2.38. The van der Waals surface area contributed by atoms with Crippen molar-refractivity contribution in [1.82, 2.24) is 5.32 Å². The summed E-state index contributed by atoms with van der Waals surface area (Å²) in [5.74, 6) is -0.0467. The van der Waals surface area contributed by atoms with Gasteiger partial charge in [-0.25, -0.2) is 0 Å². The molecular formula is C13H23NO5S. The summed E-state index contributed by atoms with van der Waals surface area (Å²) in [5.41, 5.74) is 0. The Hall–Kier alpha value is -0.630. The van der Waals surface area contributed by atoms with E-state index in [1.807, 2.05) is 0 Å². The Kier molecular flexibility index (Phi) is 6.94. The van der Waals surface area contributed by atoms with Crippen molar-refractivity contribution in [2.24, 2.45) is 5.92 Å². The Morgan fingerprint density at radius 2 is 2.00 bits per heavy atom. The molecule has 0 spiro atoms. The lowest BCUT2D eigenvalue weighted by Crippen LogP contribution is -2.60. The van der Waals surface area contributed by atoms with Crippen LogP contribution in [0.25, 0.3) is 0 Å². The molecule has 116 valence electrons. The first-order chi connectivity index (χ1) is 9.36. The molecule has 1 fully saturated rings. The smallest absolute Gasteiger partial charge is 0.221 e. The van der Waals surface area contributed by atoms with Crippen LogP contribution in [0.2, 0.25) is 0 Å². The predicted octanol–water partition coefficient (Wildman–Crippen LogP) is -0.0824. The molecule has 1 aliphatic heterocycles. The third-order valence-electron chi connectivity index (χ3n) is 3.53. The van der Waals surface area contributed by atoms with E-state index in [4.69, 9.17) is 4.74 Å². The number of ether oxygens (including phenoxy) is 1. The van der Waals surface area contributed by atoms with Gasteiger partial charge < -0.3 is 20.3 Å². The van der Waals surface area contributed by atoms with Gasteiger partial charge in [0.2, 0.25) is 5.91 Å². The van der Waals surface area contributed by atoms with Crippen molar-refractivity contribution >= 4 is 22.8 Å². The average molecular weight is 305 g/mol. The molecule has 0 aromatic carbocycles. The second-order valence-electron chi connectivity index (χ2n) is 5.10. The highest BCUT2D eigenvalue weighted by atomic mass is 32.2. The fourth-order valence-electron chi connectivity index (χ4n) is 2.27. The van der Waals surface area contributed by atoms with E-state index in [-0.39, 0.29) is 36.1 Å². The number of rotatable bonds is 5. The zero-order valence-electron chi connectivity index (χ0n) is 12.0. The van der Waals surface area contributed by atoms with Gasteiger partial charge in [-0.2, -0.15) is 0 Å². The van der Waals surface area contributed by atoms with E-state index >= 15 is 0 Å². The zero-order valence-corrected chi connectivity index (χ0v) is 12.9. The number of carbonyl (C=O) groups excluding carboxylic acids is 2. The summed E-state index contributed by atoms with van der Waals surface area (Å²) in [5, 5.41) is 22.1. The van der Waals surface area contributed by atoms with E-state index in [1.165, 1.54) is 6.92 Å². The van der Waals surface area contributed by atoms with Crippen LogP contribution >= 0.6 is 11.8 Å². The number of hydrogen-bond acceptors (Lipinski definition) is 6. The molecular weight excluding hydrogens is 282 g/mol. The monoisotopic (exact) mass is 305 g/mol. The molecule has 6 nitrogen and oxygen atoms in total. The number of amides is 1. The number of aliphatic hydroxyl groups excluding tert-OH is 2. The molecule has 0 aromatic rings. The number of aliphatic hydroxyl groups is 2. The van der Waals surface area contributed by atoms with Gasteiger partial charge >= 0.3 is 0 Å². The third-order valence-corrected chi connectivity index (χ3v) is 4.35. The summed E-state index contributed by atoms with van der Waals surface area (Å²) in [6.07, 6.45) is -1.33. The molecule has 20 heavy (non-hydrogen) atoms. The highest BCUT2D eigenvalue weighted by Crippen LogP contribution is 2.25.